The molecule has 0 bridgehead atoms. The number of aromatic nitrogens is 5. The first-order valence-corrected chi connectivity index (χ1v) is 11.9. The number of nitrogens with zero attached hydrogens (tertiary/aromatic N) is 5. The molecule has 0 saturated heterocycles. The Kier molecular flexibility index (Phi) is 5.59. The van der Waals surface area contributed by atoms with Crippen LogP contribution in [0.2, 0.25) is 0 Å². The Labute approximate surface area is 192 Å². The summed E-state index contributed by atoms with van der Waals surface area (Å²) in [5.74, 6) is -0.119. The van der Waals surface area contributed by atoms with Gasteiger partial charge in [-0.1, -0.05) is 66.4 Å². The van der Waals surface area contributed by atoms with Gasteiger partial charge in [0, 0.05) is 11.9 Å². The molecule has 1 atom stereocenters. The van der Waals surface area contributed by atoms with E-state index in [1.165, 1.54) is 23.1 Å². The van der Waals surface area contributed by atoms with Crippen LogP contribution in [0.4, 0.5) is 5.13 Å². The predicted molar refractivity (Wildman–Crippen MR) is 131 cm³/mol. The second-order valence-electron chi connectivity index (χ2n) is 7.17. The number of carbonyl (C=O) groups is 1. The molecule has 0 aliphatic rings. The lowest BCUT2D eigenvalue weighted by Gasteiger charge is -2.12. The summed E-state index contributed by atoms with van der Waals surface area (Å²) in [6.45, 7) is 6.45. The number of fused-ring (bicyclic) bond motifs is 4. The molecular formula is C23H20N6OS2. The molecular weight excluding hydrogens is 440 g/mol. The molecule has 0 unspecified atom stereocenters. The number of allylic oxidation sites excluding steroid dienone is 1. The van der Waals surface area contributed by atoms with E-state index >= 15 is 0 Å². The van der Waals surface area contributed by atoms with Crippen LogP contribution in [0.25, 0.3) is 32.3 Å². The minimum absolute atomic E-state index is 0.119. The summed E-state index contributed by atoms with van der Waals surface area (Å²) < 4.78 is 3.11. The summed E-state index contributed by atoms with van der Waals surface area (Å²) in [7, 11) is 0. The van der Waals surface area contributed by atoms with Gasteiger partial charge in [0.15, 0.2) is 10.8 Å². The number of nitrogens with one attached hydrogen (secondary N) is 1. The molecule has 0 radical (unpaired) electrons. The van der Waals surface area contributed by atoms with Crippen molar-refractivity contribution in [1.29, 1.82) is 0 Å². The van der Waals surface area contributed by atoms with Crippen molar-refractivity contribution in [3.8, 4) is 0 Å². The zero-order valence-corrected chi connectivity index (χ0v) is 19.0. The van der Waals surface area contributed by atoms with Crippen LogP contribution in [-0.4, -0.2) is 35.9 Å². The molecule has 2 aromatic carbocycles. The van der Waals surface area contributed by atoms with Gasteiger partial charge in [0.2, 0.25) is 11.1 Å². The number of benzene rings is 2. The monoisotopic (exact) mass is 460 g/mol. The highest BCUT2D eigenvalue weighted by molar-refractivity contribution is 8.00. The van der Waals surface area contributed by atoms with E-state index < -0.39 is 0 Å². The van der Waals surface area contributed by atoms with Gasteiger partial charge >= 0.3 is 0 Å². The minimum Gasteiger partial charge on any atom is -0.320 e. The Balaban J connectivity index is 1.42. The maximum atomic E-state index is 12.9. The molecule has 7 nitrogen and oxygen atoms in total. The topological polar surface area (TPSA) is 85.6 Å². The Bertz CT molecular complexity index is 1420. The Hall–Kier alpha value is -3.30. The van der Waals surface area contributed by atoms with Gasteiger partial charge in [0.25, 0.3) is 0 Å². The fourth-order valence-electron chi connectivity index (χ4n) is 3.61. The smallest absolute Gasteiger partial charge is 0.239 e. The van der Waals surface area contributed by atoms with Gasteiger partial charge in [-0.2, -0.15) is 0 Å². The number of amides is 1. The third-order valence-electron chi connectivity index (χ3n) is 5.10. The average Bonchev–Trinajstić information content (AvgIpc) is 3.36. The number of thiazole rings is 1. The quantitative estimate of drug-likeness (QED) is 0.263. The molecule has 1 amide bonds. The molecule has 160 valence electrons. The van der Waals surface area contributed by atoms with E-state index in [2.05, 4.69) is 31.6 Å². The zero-order chi connectivity index (χ0) is 22.1. The summed E-state index contributed by atoms with van der Waals surface area (Å²) in [4.78, 5) is 22.2. The van der Waals surface area contributed by atoms with Gasteiger partial charge in [-0.3, -0.25) is 4.79 Å². The summed E-state index contributed by atoms with van der Waals surface area (Å²) in [6.07, 6.45) is 2.46. The standard InChI is InChI=1S/C23H20N6OS2/c1-3-13-29-16-11-7-5-9-14(16)19-20(29)25-23(28-27-19)31-17(4-2)21(30)26-22-24-15-10-6-8-12-18(15)32-22/h3,5-12,17H,1,4,13H2,2H3,(H,24,26,30)/t17-/m1/s1. The molecule has 0 aliphatic carbocycles. The van der Waals surface area contributed by atoms with E-state index in [0.717, 1.165) is 32.3 Å². The lowest BCUT2D eigenvalue weighted by atomic mass is 10.2. The van der Waals surface area contributed by atoms with Crippen molar-refractivity contribution in [3.63, 3.8) is 0 Å². The summed E-state index contributed by atoms with van der Waals surface area (Å²) in [5.41, 5.74) is 3.40. The van der Waals surface area contributed by atoms with Crippen molar-refractivity contribution in [2.75, 3.05) is 5.32 Å². The van der Waals surface area contributed by atoms with Crippen molar-refractivity contribution in [2.24, 2.45) is 0 Å². The van der Waals surface area contributed by atoms with Crippen molar-refractivity contribution < 1.29 is 4.79 Å². The molecule has 0 fully saturated rings. The second kappa shape index (κ2) is 8.68. The summed E-state index contributed by atoms with van der Waals surface area (Å²) in [5, 5.41) is 13.4. The third kappa shape index (κ3) is 3.74. The van der Waals surface area contributed by atoms with Gasteiger partial charge in [-0.25, -0.2) is 9.97 Å². The Morgan fingerprint density at radius 2 is 2.00 bits per heavy atom. The summed E-state index contributed by atoms with van der Waals surface area (Å²) >= 11 is 2.78. The number of rotatable bonds is 7. The number of hydrogen-bond acceptors (Lipinski definition) is 7. The maximum Gasteiger partial charge on any atom is 0.239 e. The lowest BCUT2D eigenvalue weighted by Crippen LogP contribution is -2.24. The van der Waals surface area contributed by atoms with Crippen LogP contribution in [0.15, 0.2) is 66.3 Å². The van der Waals surface area contributed by atoms with Gasteiger partial charge in [0.05, 0.1) is 21.0 Å². The van der Waals surface area contributed by atoms with Crippen LogP contribution in [0.3, 0.4) is 0 Å². The molecule has 0 spiro atoms. The van der Waals surface area contributed by atoms with E-state index in [4.69, 9.17) is 4.98 Å². The lowest BCUT2D eigenvalue weighted by molar-refractivity contribution is -0.115. The van der Waals surface area contributed by atoms with Crippen LogP contribution >= 0.6 is 23.1 Å². The number of carbonyl (C=O) groups excluding carboxylic acids is 1. The van der Waals surface area contributed by atoms with Crippen molar-refractivity contribution in [1.82, 2.24) is 24.7 Å². The molecule has 0 saturated carbocycles. The first-order valence-electron chi connectivity index (χ1n) is 10.2. The van der Waals surface area contributed by atoms with Crippen molar-refractivity contribution >= 4 is 66.4 Å². The molecule has 32 heavy (non-hydrogen) atoms. The fourth-order valence-corrected chi connectivity index (χ4v) is 5.30. The molecule has 5 aromatic rings. The second-order valence-corrected chi connectivity index (χ2v) is 9.37. The maximum absolute atomic E-state index is 12.9. The third-order valence-corrected chi connectivity index (χ3v) is 7.27. The zero-order valence-electron chi connectivity index (χ0n) is 17.4. The van der Waals surface area contributed by atoms with Gasteiger partial charge in [0.1, 0.15) is 5.52 Å². The fraction of sp³-hybridized carbons (Fsp3) is 0.174. The SMILES string of the molecule is C=CCn1c2ccccc2c2nnc(S[C@H](CC)C(=O)Nc3nc4ccccc4s3)nc21. The predicted octanol–water partition coefficient (Wildman–Crippen LogP) is 5.28. The minimum atomic E-state index is -0.363. The first kappa shape index (κ1) is 20.6. The first-order chi connectivity index (χ1) is 15.7. The van der Waals surface area contributed by atoms with Crippen molar-refractivity contribution in [2.45, 2.75) is 30.3 Å². The van der Waals surface area contributed by atoms with Crippen LogP contribution in [0, 0.1) is 0 Å². The Morgan fingerprint density at radius 3 is 2.81 bits per heavy atom. The van der Waals surface area contributed by atoms with E-state index in [0.29, 0.717) is 23.3 Å². The van der Waals surface area contributed by atoms with E-state index in [1.807, 2.05) is 61.5 Å². The van der Waals surface area contributed by atoms with Gasteiger partial charge in [-0.05, 0) is 24.6 Å². The molecule has 3 aromatic heterocycles. The van der Waals surface area contributed by atoms with E-state index in [9.17, 15) is 4.79 Å². The van der Waals surface area contributed by atoms with Crippen LogP contribution < -0.4 is 5.32 Å². The molecule has 0 aliphatic heterocycles. The number of anilines is 1. The van der Waals surface area contributed by atoms with Gasteiger partial charge < -0.3 is 9.88 Å². The number of para-hydroxylation sites is 2. The Morgan fingerprint density at radius 1 is 1.19 bits per heavy atom. The van der Waals surface area contributed by atoms with Gasteiger partial charge in [-0.15, -0.1) is 16.8 Å². The van der Waals surface area contributed by atoms with E-state index in [1.54, 1.807) is 0 Å². The van der Waals surface area contributed by atoms with Crippen LogP contribution in [0.1, 0.15) is 13.3 Å². The van der Waals surface area contributed by atoms with E-state index in [-0.39, 0.29) is 11.2 Å². The highest BCUT2D eigenvalue weighted by Crippen LogP contribution is 2.30. The normalized spacial score (nSPS) is 12.4. The number of hydrogen-bond donors (Lipinski definition) is 1. The largest absolute Gasteiger partial charge is 0.320 e. The van der Waals surface area contributed by atoms with Crippen LogP contribution in [0.5, 0.6) is 0 Å². The number of thioether (sulfide) groups is 1. The molecule has 5 rings (SSSR count). The highest BCUT2D eigenvalue weighted by atomic mass is 32.2. The highest BCUT2D eigenvalue weighted by Gasteiger charge is 2.22. The molecule has 1 N–H and O–H groups in total. The molecule has 3 heterocycles. The van der Waals surface area contributed by atoms with Crippen molar-refractivity contribution in [3.05, 3.63) is 61.2 Å². The average molecular weight is 461 g/mol. The summed E-state index contributed by atoms with van der Waals surface area (Å²) in [6, 6.07) is 15.8. The van der Waals surface area contributed by atoms with Crippen LogP contribution in [-0.2, 0) is 11.3 Å². The molecule has 9 heteroatoms.